The largest absolute Gasteiger partial charge is 0.197 e. The van der Waals surface area contributed by atoms with Crippen molar-refractivity contribution in [2.45, 2.75) is 56.8 Å². The van der Waals surface area contributed by atoms with Crippen LogP contribution in [0.2, 0.25) is 0 Å². The maximum absolute atomic E-state index is 9.73. The summed E-state index contributed by atoms with van der Waals surface area (Å²) in [6.45, 7) is 0. The molecule has 0 saturated heterocycles. The lowest BCUT2D eigenvalue weighted by molar-refractivity contribution is 0.0394. The zero-order valence-corrected chi connectivity index (χ0v) is 12.9. The van der Waals surface area contributed by atoms with E-state index >= 15 is 0 Å². The number of nitrogens with zero attached hydrogens (tertiary/aromatic N) is 1. The van der Waals surface area contributed by atoms with Gasteiger partial charge in [-0.25, -0.2) is 0 Å². The quantitative estimate of drug-likeness (QED) is 0.685. The highest BCUT2D eigenvalue weighted by molar-refractivity contribution is 9.10. The Morgan fingerprint density at radius 1 is 1.00 bits per heavy atom. The molecule has 0 N–H and O–H groups in total. The summed E-state index contributed by atoms with van der Waals surface area (Å²) >= 11 is 3.62. The van der Waals surface area contributed by atoms with Gasteiger partial charge in [0.05, 0.1) is 11.5 Å². The Kier molecular flexibility index (Phi) is 3.43. The van der Waals surface area contributed by atoms with Crippen molar-refractivity contribution in [3.63, 3.8) is 0 Å². The Labute approximate surface area is 124 Å². The molecule has 100 valence electrons. The van der Waals surface area contributed by atoms with Crippen molar-refractivity contribution in [1.29, 1.82) is 5.26 Å². The van der Waals surface area contributed by atoms with E-state index in [0.29, 0.717) is 5.41 Å². The summed E-state index contributed by atoms with van der Waals surface area (Å²) in [5.74, 6) is 0. The van der Waals surface area contributed by atoms with Gasteiger partial charge >= 0.3 is 0 Å². The number of halogens is 1. The SMILES string of the molecule is N#CC1(c2ccccc2Br)CC2(CCCCCC2)C1. The average molecular weight is 318 g/mol. The summed E-state index contributed by atoms with van der Waals surface area (Å²) in [5, 5.41) is 9.73. The molecule has 2 saturated carbocycles. The van der Waals surface area contributed by atoms with Gasteiger partial charge in [-0.2, -0.15) is 5.26 Å². The number of benzene rings is 1. The average Bonchev–Trinajstić information content (AvgIpc) is 2.63. The molecule has 2 aliphatic rings. The number of hydrogen-bond acceptors (Lipinski definition) is 1. The van der Waals surface area contributed by atoms with Crippen LogP contribution in [0.4, 0.5) is 0 Å². The number of nitriles is 1. The second-order valence-corrected chi connectivity index (χ2v) is 7.30. The highest BCUT2D eigenvalue weighted by atomic mass is 79.9. The zero-order valence-electron chi connectivity index (χ0n) is 11.3. The fraction of sp³-hybridized carbons (Fsp3) is 0.588. The molecule has 0 heterocycles. The standard InChI is InChI=1S/C17H20BrN/c18-15-8-4-3-7-14(15)17(13-19)11-16(12-17)9-5-1-2-6-10-16/h3-4,7-8H,1-2,5-6,9-12H2. The minimum atomic E-state index is -0.232. The Balaban J connectivity index is 1.85. The second kappa shape index (κ2) is 4.94. The second-order valence-electron chi connectivity index (χ2n) is 6.44. The van der Waals surface area contributed by atoms with Crippen LogP contribution in [0.1, 0.15) is 56.9 Å². The molecule has 0 aliphatic heterocycles. The molecule has 19 heavy (non-hydrogen) atoms. The third-order valence-corrected chi connectivity index (χ3v) is 5.81. The molecule has 2 aliphatic carbocycles. The molecule has 0 unspecified atom stereocenters. The molecule has 2 fully saturated rings. The van der Waals surface area contributed by atoms with Gasteiger partial charge in [0, 0.05) is 4.47 Å². The van der Waals surface area contributed by atoms with E-state index in [1.54, 1.807) is 0 Å². The van der Waals surface area contributed by atoms with Gasteiger partial charge in [0.15, 0.2) is 0 Å². The predicted molar refractivity (Wildman–Crippen MR) is 80.8 cm³/mol. The first-order valence-electron chi connectivity index (χ1n) is 7.36. The highest BCUT2D eigenvalue weighted by Gasteiger charge is 2.55. The van der Waals surface area contributed by atoms with E-state index in [2.05, 4.69) is 40.2 Å². The van der Waals surface area contributed by atoms with Gasteiger partial charge < -0.3 is 0 Å². The summed E-state index contributed by atoms with van der Waals surface area (Å²) in [6, 6.07) is 10.9. The van der Waals surface area contributed by atoms with Crippen LogP contribution < -0.4 is 0 Å². The van der Waals surface area contributed by atoms with Crippen LogP contribution in [0, 0.1) is 16.7 Å². The molecule has 0 radical (unpaired) electrons. The van der Waals surface area contributed by atoms with Crippen LogP contribution in [0.25, 0.3) is 0 Å². The van der Waals surface area contributed by atoms with Crippen molar-refractivity contribution in [1.82, 2.24) is 0 Å². The minimum Gasteiger partial charge on any atom is -0.197 e. The van der Waals surface area contributed by atoms with Crippen LogP contribution in [-0.2, 0) is 5.41 Å². The number of hydrogen-bond donors (Lipinski definition) is 0. The van der Waals surface area contributed by atoms with Crippen LogP contribution in [-0.4, -0.2) is 0 Å². The summed E-state index contributed by atoms with van der Waals surface area (Å²) in [7, 11) is 0. The summed E-state index contributed by atoms with van der Waals surface area (Å²) in [6.07, 6.45) is 10.3. The molecule has 2 heteroatoms. The minimum absolute atomic E-state index is 0.232. The summed E-state index contributed by atoms with van der Waals surface area (Å²) < 4.78 is 1.10. The van der Waals surface area contributed by atoms with Crippen molar-refractivity contribution >= 4 is 15.9 Å². The molecule has 1 aromatic carbocycles. The molecule has 0 bridgehead atoms. The Morgan fingerprint density at radius 2 is 1.63 bits per heavy atom. The number of rotatable bonds is 1. The van der Waals surface area contributed by atoms with E-state index in [-0.39, 0.29) is 5.41 Å². The first kappa shape index (κ1) is 13.2. The Bertz CT molecular complexity index is 498. The highest BCUT2D eigenvalue weighted by Crippen LogP contribution is 2.61. The third-order valence-electron chi connectivity index (χ3n) is 5.12. The Morgan fingerprint density at radius 3 is 2.21 bits per heavy atom. The summed E-state index contributed by atoms with van der Waals surface area (Å²) in [5.41, 5.74) is 1.44. The molecule has 1 spiro atoms. The molecule has 0 atom stereocenters. The van der Waals surface area contributed by atoms with E-state index in [1.807, 2.05) is 6.07 Å². The normalized spacial score (nSPS) is 24.2. The van der Waals surface area contributed by atoms with Crippen LogP contribution in [0.3, 0.4) is 0 Å². The smallest absolute Gasteiger partial charge is 0.0843 e. The van der Waals surface area contributed by atoms with Crippen molar-refractivity contribution in [2.24, 2.45) is 5.41 Å². The van der Waals surface area contributed by atoms with E-state index in [0.717, 1.165) is 17.3 Å². The van der Waals surface area contributed by atoms with Crippen molar-refractivity contribution in [3.8, 4) is 6.07 Å². The third kappa shape index (κ3) is 2.23. The lowest BCUT2D eigenvalue weighted by atomic mass is 9.49. The van der Waals surface area contributed by atoms with E-state index in [4.69, 9.17) is 0 Å². The van der Waals surface area contributed by atoms with E-state index < -0.39 is 0 Å². The molecule has 1 nitrogen and oxygen atoms in total. The predicted octanol–water partition coefficient (Wildman–Crippen LogP) is 5.34. The van der Waals surface area contributed by atoms with Crippen molar-refractivity contribution in [3.05, 3.63) is 34.3 Å². The van der Waals surface area contributed by atoms with Gasteiger partial charge in [0.2, 0.25) is 0 Å². The van der Waals surface area contributed by atoms with Gasteiger partial charge in [0.25, 0.3) is 0 Å². The molecule has 0 aromatic heterocycles. The maximum Gasteiger partial charge on any atom is 0.0843 e. The molecule has 3 rings (SSSR count). The van der Waals surface area contributed by atoms with E-state index in [1.165, 1.54) is 44.1 Å². The van der Waals surface area contributed by atoms with Crippen LogP contribution in [0.5, 0.6) is 0 Å². The van der Waals surface area contributed by atoms with Gasteiger partial charge in [-0.15, -0.1) is 0 Å². The monoisotopic (exact) mass is 317 g/mol. The lowest BCUT2D eigenvalue weighted by Gasteiger charge is -2.53. The Hall–Kier alpha value is -0.810. The maximum atomic E-state index is 9.73. The fourth-order valence-corrected chi connectivity index (χ4v) is 4.90. The van der Waals surface area contributed by atoms with Crippen molar-refractivity contribution < 1.29 is 0 Å². The lowest BCUT2D eigenvalue weighted by Crippen LogP contribution is -2.48. The van der Waals surface area contributed by atoms with Gasteiger partial charge in [0.1, 0.15) is 0 Å². The molecular formula is C17H20BrN. The van der Waals surface area contributed by atoms with E-state index in [9.17, 15) is 5.26 Å². The molecular weight excluding hydrogens is 298 g/mol. The zero-order chi connectivity index (χ0) is 13.3. The van der Waals surface area contributed by atoms with Gasteiger partial charge in [-0.05, 0) is 42.7 Å². The first-order valence-corrected chi connectivity index (χ1v) is 8.15. The molecule has 0 amide bonds. The van der Waals surface area contributed by atoms with Crippen LogP contribution in [0.15, 0.2) is 28.7 Å². The van der Waals surface area contributed by atoms with Gasteiger partial charge in [-0.1, -0.05) is 59.8 Å². The molecule has 1 aromatic rings. The van der Waals surface area contributed by atoms with Crippen LogP contribution >= 0.6 is 15.9 Å². The first-order chi connectivity index (χ1) is 9.20. The fourth-order valence-electron chi connectivity index (χ4n) is 4.24. The van der Waals surface area contributed by atoms with Crippen molar-refractivity contribution in [2.75, 3.05) is 0 Å². The topological polar surface area (TPSA) is 23.8 Å². The summed E-state index contributed by atoms with van der Waals surface area (Å²) in [4.78, 5) is 0. The van der Waals surface area contributed by atoms with Gasteiger partial charge in [-0.3, -0.25) is 0 Å².